The molecular formula is C27H33NO6. The average Bonchev–Trinajstić information content (AvgIpc) is 3.35. The number of Topliss-reactive ketones (excluding diaryl/α,β-unsaturated/α-hetero) is 1. The Balaban J connectivity index is 1.38. The van der Waals surface area contributed by atoms with Crippen LogP contribution < -0.4 is 14.2 Å². The van der Waals surface area contributed by atoms with E-state index in [-0.39, 0.29) is 23.9 Å². The Labute approximate surface area is 200 Å². The van der Waals surface area contributed by atoms with Crippen LogP contribution in [-0.2, 0) is 4.74 Å². The Bertz CT molecular complexity index is 1030. The van der Waals surface area contributed by atoms with E-state index in [0.717, 1.165) is 18.4 Å². The van der Waals surface area contributed by atoms with Crippen molar-refractivity contribution >= 4 is 11.7 Å². The normalized spacial score (nSPS) is 18.6. The summed E-state index contributed by atoms with van der Waals surface area (Å²) in [5.74, 6) is 1.91. The van der Waals surface area contributed by atoms with Gasteiger partial charge in [-0.15, -0.1) is 0 Å². The lowest BCUT2D eigenvalue weighted by molar-refractivity contribution is -0.0401. The third-order valence-corrected chi connectivity index (χ3v) is 6.45. The standard InChI is InChI=1S/C27H33NO6/c1-18-14-22(9-10-24(18)19(2)29)33-17-23-16-28(12-13-32-23)27(30)20-8-11-25(31-3)26(15-20)34-21-6-4-5-7-21/h8-11,14-15,21,23H,4-7,12-13,16-17H2,1-3H3. The minimum Gasteiger partial charge on any atom is -0.493 e. The van der Waals surface area contributed by atoms with Crippen molar-refractivity contribution in [3.05, 3.63) is 53.1 Å². The monoisotopic (exact) mass is 467 g/mol. The van der Waals surface area contributed by atoms with Crippen LogP contribution in [0.2, 0.25) is 0 Å². The predicted octanol–water partition coefficient (Wildman–Crippen LogP) is 4.45. The molecule has 182 valence electrons. The maximum atomic E-state index is 13.3. The lowest BCUT2D eigenvalue weighted by atomic mass is 10.1. The van der Waals surface area contributed by atoms with Crippen molar-refractivity contribution in [2.75, 3.05) is 33.4 Å². The summed E-state index contributed by atoms with van der Waals surface area (Å²) in [5, 5.41) is 0. The Morgan fingerprint density at radius 2 is 1.88 bits per heavy atom. The average molecular weight is 468 g/mol. The van der Waals surface area contributed by atoms with E-state index < -0.39 is 0 Å². The quantitative estimate of drug-likeness (QED) is 0.534. The van der Waals surface area contributed by atoms with Crippen molar-refractivity contribution in [3.8, 4) is 17.2 Å². The van der Waals surface area contributed by atoms with Crippen molar-refractivity contribution in [3.63, 3.8) is 0 Å². The molecule has 7 nitrogen and oxygen atoms in total. The predicted molar refractivity (Wildman–Crippen MR) is 128 cm³/mol. The molecule has 2 aliphatic rings. The molecule has 1 saturated heterocycles. The zero-order valence-corrected chi connectivity index (χ0v) is 20.2. The number of morpholine rings is 1. The number of benzene rings is 2. The number of hydrogen-bond acceptors (Lipinski definition) is 6. The highest BCUT2D eigenvalue weighted by molar-refractivity contribution is 5.96. The molecule has 0 spiro atoms. The van der Waals surface area contributed by atoms with Gasteiger partial charge in [-0.3, -0.25) is 9.59 Å². The van der Waals surface area contributed by atoms with E-state index in [9.17, 15) is 9.59 Å². The van der Waals surface area contributed by atoms with Crippen LogP contribution in [0.5, 0.6) is 17.2 Å². The number of aryl methyl sites for hydroxylation is 1. The van der Waals surface area contributed by atoms with Gasteiger partial charge in [0.1, 0.15) is 18.5 Å². The minimum absolute atomic E-state index is 0.0316. The summed E-state index contributed by atoms with van der Waals surface area (Å²) < 4.78 is 23.4. The van der Waals surface area contributed by atoms with Crippen LogP contribution in [-0.4, -0.2) is 62.2 Å². The van der Waals surface area contributed by atoms with Gasteiger partial charge >= 0.3 is 0 Å². The molecule has 4 rings (SSSR count). The first-order valence-corrected chi connectivity index (χ1v) is 11.9. The zero-order chi connectivity index (χ0) is 24.1. The van der Waals surface area contributed by atoms with Crippen molar-refractivity contribution < 1.29 is 28.5 Å². The first kappa shape index (κ1) is 24.1. The summed E-state index contributed by atoms with van der Waals surface area (Å²) in [6.45, 7) is 5.17. The van der Waals surface area contributed by atoms with Gasteiger partial charge in [-0.05, 0) is 81.5 Å². The van der Waals surface area contributed by atoms with Gasteiger partial charge in [0, 0.05) is 17.7 Å². The van der Waals surface area contributed by atoms with Gasteiger partial charge in [0.2, 0.25) is 0 Å². The molecule has 7 heteroatoms. The second kappa shape index (κ2) is 10.9. The van der Waals surface area contributed by atoms with Crippen molar-refractivity contribution in [1.29, 1.82) is 0 Å². The van der Waals surface area contributed by atoms with E-state index in [1.165, 1.54) is 12.8 Å². The van der Waals surface area contributed by atoms with Crippen LogP contribution >= 0.6 is 0 Å². The number of rotatable bonds is 8. The fraction of sp³-hybridized carbons (Fsp3) is 0.481. The molecule has 1 saturated carbocycles. The third kappa shape index (κ3) is 5.70. The second-order valence-electron chi connectivity index (χ2n) is 8.98. The SMILES string of the molecule is COc1ccc(C(=O)N2CCOC(COc3ccc(C(C)=O)c(C)c3)C2)cc1OC1CCCC1. The first-order valence-electron chi connectivity index (χ1n) is 11.9. The molecule has 1 unspecified atom stereocenters. The molecule has 1 atom stereocenters. The van der Waals surface area contributed by atoms with Crippen LogP contribution in [0.4, 0.5) is 0 Å². The lowest BCUT2D eigenvalue weighted by Gasteiger charge is -2.33. The lowest BCUT2D eigenvalue weighted by Crippen LogP contribution is -2.47. The van der Waals surface area contributed by atoms with Crippen LogP contribution in [0.1, 0.15) is 58.9 Å². The maximum absolute atomic E-state index is 13.3. The van der Waals surface area contributed by atoms with Gasteiger partial charge in [-0.1, -0.05) is 0 Å². The number of carbonyl (C=O) groups excluding carboxylic acids is 2. The molecule has 2 fully saturated rings. The number of carbonyl (C=O) groups is 2. The minimum atomic E-state index is -0.238. The van der Waals surface area contributed by atoms with Gasteiger partial charge in [-0.25, -0.2) is 0 Å². The fourth-order valence-corrected chi connectivity index (χ4v) is 4.58. The van der Waals surface area contributed by atoms with E-state index in [1.807, 2.05) is 13.0 Å². The summed E-state index contributed by atoms with van der Waals surface area (Å²) in [6, 6.07) is 10.8. The van der Waals surface area contributed by atoms with Crippen molar-refractivity contribution in [2.45, 2.75) is 51.7 Å². The van der Waals surface area contributed by atoms with Gasteiger partial charge in [0.15, 0.2) is 17.3 Å². The molecule has 2 aromatic rings. The van der Waals surface area contributed by atoms with E-state index in [2.05, 4.69) is 0 Å². The number of methoxy groups -OCH3 is 1. The molecule has 0 bridgehead atoms. The Hall–Kier alpha value is -3.06. The Morgan fingerprint density at radius 3 is 2.59 bits per heavy atom. The van der Waals surface area contributed by atoms with E-state index in [4.69, 9.17) is 18.9 Å². The highest BCUT2D eigenvalue weighted by Crippen LogP contribution is 2.33. The second-order valence-corrected chi connectivity index (χ2v) is 8.98. The van der Waals surface area contributed by atoms with E-state index >= 15 is 0 Å². The topological polar surface area (TPSA) is 74.3 Å². The Kier molecular flexibility index (Phi) is 7.73. The van der Waals surface area contributed by atoms with Gasteiger partial charge in [0.25, 0.3) is 5.91 Å². The van der Waals surface area contributed by atoms with Crippen LogP contribution in [0.25, 0.3) is 0 Å². The summed E-state index contributed by atoms with van der Waals surface area (Å²) in [4.78, 5) is 26.7. The number of ether oxygens (including phenoxy) is 4. The Morgan fingerprint density at radius 1 is 1.09 bits per heavy atom. The van der Waals surface area contributed by atoms with Gasteiger partial charge < -0.3 is 23.8 Å². The van der Waals surface area contributed by atoms with Crippen molar-refractivity contribution in [1.82, 2.24) is 4.90 Å². The molecule has 34 heavy (non-hydrogen) atoms. The third-order valence-electron chi connectivity index (χ3n) is 6.45. The largest absolute Gasteiger partial charge is 0.493 e. The number of nitrogens with zero attached hydrogens (tertiary/aromatic N) is 1. The smallest absolute Gasteiger partial charge is 0.254 e. The van der Waals surface area contributed by atoms with Crippen LogP contribution in [0, 0.1) is 6.92 Å². The van der Waals surface area contributed by atoms with Crippen LogP contribution in [0.3, 0.4) is 0 Å². The fourth-order valence-electron chi connectivity index (χ4n) is 4.58. The molecule has 2 aromatic carbocycles. The molecule has 0 N–H and O–H groups in total. The molecule has 0 aromatic heterocycles. The van der Waals surface area contributed by atoms with Gasteiger partial charge in [-0.2, -0.15) is 0 Å². The maximum Gasteiger partial charge on any atom is 0.254 e. The molecule has 1 aliphatic heterocycles. The number of amides is 1. The number of ketones is 1. The molecule has 1 aliphatic carbocycles. The van der Waals surface area contributed by atoms with E-state index in [1.54, 1.807) is 49.3 Å². The van der Waals surface area contributed by atoms with E-state index in [0.29, 0.717) is 54.7 Å². The molecule has 0 radical (unpaired) electrons. The van der Waals surface area contributed by atoms with Crippen molar-refractivity contribution in [2.24, 2.45) is 0 Å². The summed E-state index contributed by atoms with van der Waals surface area (Å²) in [7, 11) is 1.61. The summed E-state index contributed by atoms with van der Waals surface area (Å²) in [5.41, 5.74) is 2.14. The first-order chi connectivity index (χ1) is 16.4. The van der Waals surface area contributed by atoms with Crippen LogP contribution in [0.15, 0.2) is 36.4 Å². The van der Waals surface area contributed by atoms with Gasteiger partial charge in [0.05, 0.1) is 26.4 Å². The highest BCUT2D eigenvalue weighted by atomic mass is 16.5. The summed E-state index contributed by atoms with van der Waals surface area (Å²) in [6.07, 6.45) is 4.34. The highest BCUT2D eigenvalue weighted by Gasteiger charge is 2.27. The molecule has 1 heterocycles. The zero-order valence-electron chi connectivity index (χ0n) is 20.2. The molecular weight excluding hydrogens is 434 g/mol. The summed E-state index contributed by atoms with van der Waals surface area (Å²) >= 11 is 0. The number of hydrogen-bond donors (Lipinski definition) is 0. The molecule has 1 amide bonds.